The molecule has 3 nitrogen and oxygen atoms in total. The largest absolute Gasteiger partial charge is 0.466 e. The minimum atomic E-state index is -0.248. The van der Waals surface area contributed by atoms with E-state index in [0.717, 1.165) is 21.1 Å². The monoisotopic (exact) mass is 348 g/mol. The summed E-state index contributed by atoms with van der Waals surface area (Å²) in [7, 11) is 0. The van der Waals surface area contributed by atoms with E-state index in [-0.39, 0.29) is 12.6 Å². The van der Waals surface area contributed by atoms with Crippen LogP contribution in [0.5, 0.6) is 0 Å². The Hall–Kier alpha value is -0.620. The summed E-state index contributed by atoms with van der Waals surface area (Å²) in [5.41, 5.74) is 4.46. The van der Waals surface area contributed by atoms with E-state index in [2.05, 4.69) is 22.6 Å². The number of rotatable bonds is 4. The van der Waals surface area contributed by atoms with Gasteiger partial charge in [-0.2, -0.15) is 0 Å². The minimum absolute atomic E-state index is 0.0597. The Morgan fingerprint density at radius 3 is 2.65 bits per heavy atom. The number of esters is 1. The molecule has 0 amide bonds. The van der Waals surface area contributed by atoms with Gasteiger partial charge in [0.25, 0.3) is 0 Å². The molecule has 4 heteroatoms. The molecule has 1 rings (SSSR count). The highest BCUT2D eigenvalue weighted by Gasteiger charge is 2.11. The molecule has 0 aliphatic rings. The Labute approximate surface area is 115 Å². The lowest BCUT2D eigenvalue weighted by molar-refractivity contribution is -0.140. The molecule has 0 saturated heterocycles. The number of aryl methyl sites for hydroxylation is 1. The average Bonchev–Trinajstić information content (AvgIpc) is 2.27. The predicted molar refractivity (Wildman–Crippen MR) is 74.9 cm³/mol. The van der Waals surface area contributed by atoms with Crippen LogP contribution in [0, 0.1) is 17.4 Å². The highest BCUT2D eigenvalue weighted by molar-refractivity contribution is 14.1. The van der Waals surface area contributed by atoms with Crippen LogP contribution in [0.15, 0.2) is 6.07 Å². The Kier molecular flexibility index (Phi) is 5.39. The predicted octanol–water partition coefficient (Wildman–Crippen LogP) is 2.51. The number of aliphatic hydroxyl groups is 1. The summed E-state index contributed by atoms with van der Waals surface area (Å²) in [5, 5.41) is 9.23. The zero-order valence-corrected chi connectivity index (χ0v) is 12.5. The summed E-state index contributed by atoms with van der Waals surface area (Å²) in [4.78, 5) is 10.7. The maximum absolute atomic E-state index is 10.7. The molecular formula is C13H17IO3. The lowest BCUT2D eigenvalue weighted by Gasteiger charge is -2.14. The number of carbonyl (C=O) groups is 1. The highest BCUT2D eigenvalue weighted by Crippen LogP contribution is 2.24. The molecule has 94 valence electrons. The van der Waals surface area contributed by atoms with Gasteiger partial charge in [0.05, 0.1) is 13.2 Å². The van der Waals surface area contributed by atoms with Crippen LogP contribution in [0.25, 0.3) is 0 Å². The zero-order valence-electron chi connectivity index (χ0n) is 10.3. The van der Waals surface area contributed by atoms with Crippen molar-refractivity contribution in [1.29, 1.82) is 0 Å². The molecule has 0 heterocycles. The second kappa shape index (κ2) is 6.35. The van der Waals surface area contributed by atoms with Crippen molar-refractivity contribution in [1.82, 2.24) is 0 Å². The van der Waals surface area contributed by atoms with Crippen LogP contribution in [-0.2, 0) is 22.6 Å². The topological polar surface area (TPSA) is 46.5 Å². The third-order valence-electron chi connectivity index (χ3n) is 2.76. The summed E-state index contributed by atoms with van der Waals surface area (Å²) < 4.78 is 6.05. The SMILES string of the molecule is CC(=O)OCCc1c(C)cc(CO)c(I)c1C. The van der Waals surface area contributed by atoms with E-state index in [1.807, 2.05) is 19.9 Å². The van der Waals surface area contributed by atoms with E-state index >= 15 is 0 Å². The number of ether oxygens (including phenoxy) is 1. The van der Waals surface area contributed by atoms with Gasteiger partial charge in [-0.3, -0.25) is 4.79 Å². The van der Waals surface area contributed by atoms with Gasteiger partial charge in [0.1, 0.15) is 0 Å². The second-order valence-electron chi connectivity index (χ2n) is 4.02. The molecule has 0 saturated carbocycles. The van der Waals surface area contributed by atoms with Crippen LogP contribution in [0.1, 0.15) is 29.2 Å². The first-order valence-electron chi connectivity index (χ1n) is 5.49. The smallest absolute Gasteiger partial charge is 0.302 e. The van der Waals surface area contributed by atoms with Crippen LogP contribution >= 0.6 is 22.6 Å². The fourth-order valence-electron chi connectivity index (χ4n) is 1.88. The molecule has 0 unspecified atom stereocenters. The Morgan fingerprint density at radius 1 is 1.47 bits per heavy atom. The second-order valence-corrected chi connectivity index (χ2v) is 5.10. The van der Waals surface area contributed by atoms with Crippen molar-refractivity contribution in [3.05, 3.63) is 31.9 Å². The van der Waals surface area contributed by atoms with Crippen LogP contribution in [0.2, 0.25) is 0 Å². The fourth-order valence-corrected chi connectivity index (χ4v) is 2.53. The molecule has 0 fully saturated rings. The van der Waals surface area contributed by atoms with Crippen molar-refractivity contribution in [3.63, 3.8) is 0 Å². The average molecular weight is 348 g/mol. The maximum Gasteiger partial charge on any atom is 0.302 e. The van der Waals surface area contributed by atoms with Gasteiger partial charge in [0.15, 0.2) is 0 Å². The molecule has 1 N–H and O–H groups in total. The maximum atomic E-state index is 10.7. The van der Waals surface area contributed by atoms with E-state index < -0.39 is 0 Å². The van der Waals surface area contributed by atoms with E-state index in [1.165, 1.54) is 18.1 Å². The van der Waals surface area contributed by atoms with Gasteiger partial charge in [-0.05, 0) is 58.7 Å². The number of aliphatic hydroxyl groups excluding tert-OH is 1. The molecular weight excluding hydrogens is 331 g/mol. The number of hydrogen-bond acceptors (Lipinski definition) is 3. The zero-order chi connectivity index (χ0) is 13.0. The van der Waals surface area contributed by atoms with Gasteiger partial charge in [0, 0.05) is 16.9 Å². The first kappa shape index (κ1) is 14.4. The van der Waals surface area contributed by atoms with E-state index in [0.29, 0.717) is 6.61 Å². The van der Waals surface area contributed by atoms with Crippen LogP contribution in [0.3, 0.4) is 0 Å². The number of carbonyl (C=O) groups excluding carboxylic acids is 1. The van der Waals surface area contributed by atoms with Gasteiger partial charge in [0.2, 0.25) is 0 Å². The third-order valence-corrected chi connectivity index (χ3v) is 4.26. The van der Waals surface area contributed by atoms with Gasteiger partial charge in [-0.1, -0.05) is 6.07 Å². The van der Waals surface area contributed by atoms with Crippen molar-refractivity contribution >= 4 is 28.6 Å². The Morgan fingerprint density at radius 2 is 2.12 bits per heavy atom. The molecule has 0 radical (unpaired) electrons. The van der Waals surface area contributed by atoms with E-state index in [1.54, 1.807) is 0 Å². The first-order chi connectivity index (χ1) is 7.97. The van der Waals surface area contributed by atoms with Crippen molar-refractivity contribution in [2.24, 2.45) is 0 Å². The van der Waals surface area contributed by atoms with Gasteiger partial charge < -0.3 is 9.84 Å². The van der Waals surface area contributed by atoms with Gasteiger partial charge >= 0.3 is 5.97 Å². The van der Waals surface area contributed by atoms with E-state index in [9.17, 15) is 9.90 Å². The highest BCUT2D eigenvalue weighted by atomic mass is 127. The lowest BCUT2D eigenvalue weighted by atomic mass is 9.97. The lowest BCUT2D eigenvalue weighted by Crippen LogP contribution is -2.07. The van der Waals surface area contributed by atoms with Crippen molar-refractivity contribution in [2.45, 2.75) is 33.8 Å². The molecule has 0 spiro atoms. The fraction of sp³-hybridized carbons (Fsp3) is 0.462. The molecule has 0 aromatic heterocycles. The molecule has 0 aliphatic heterocycles. The van der Waals surface area contributed by atoms with Crippen LogP contribution in [0.4, 0.5) is 0 Å². The van der Waals surface area contributed by atoms with Crippen LogP contribution in [-0.4, -0.2) is 17.7 Å². The summed E-state index contributed by atoms with van der Waals surface area (Å²) in [5.74, 6) is -0.248. The molecule has 0 aliphatic carbocycles. The molecule has 1 aromatic carbocycles. The quantitative estimate of drug-likeness (QED) is 0.672. The van der Waals surface area contributed by atoms with E-state index in [4.69, 9.17) is 4.74 Å². The summed E-state index contributed by atoms with van der Waals surface area (Å²) in [6, 6.07) is 2.00. The van der Waals surface area contributed by atoms with Gasteiger partial charge in [-0.25, -0.2) is 0 Å². The molecule has 0 bridgehead atoms. The molecule has 17 heavy (non-hydrogen) atoms. The van der Waals surface area contributed by atoms with Crippen molar-refractivity contribution < 1.29 is 14.6 Å². The number of benzene rings is 1. The van der Waals surface area contributed by atoms with Crippen molar-refractivity contribution in [3.8, 4) is 0 Å². The normalized spacial score (nSPS) is 10.4. The molecule has 1 aromatic rings. The minimum Gasteiger partial charge on any atom is -0.466 e. The molecule has 0 atom stereocenters. The Balaban J connectivity index is 2.92. The van der Waals surface area contributed by atoms with Crippen LogP contribution < -0.4 is 0 Å². The third kappa shape index (κ3) is 3.67. The Bertz CT molecular complexity index is 427. The summed E-state index contributed by atoms with van der Waals surface area (Å²) in [6.45, 7) is 5.94. The summed E-state index contributed by atoms with van der Waals surface area (Å²) in [6.07, 6.45) is 0.721. The standard InChI is InChI=1S/C13H17IO3/c1-8-6-11(7-15)13(14)9(2)12(8)4-5-17-10(3)16/h6,15H,4-5,7H2,1-3H3. The first-order valence-corrected chi connectivity index (χ1v) is 6.57. The summed E-state index contributed by atoms with van der Waals surface area (Å²) >= 11 is 2.24. The number of hydrogen-bond donors (Lipinski definition) is 1. The number of halogens is 1. The van der Waals surface area contributed by atoms with Crippen molar-refractivity contribution in [2.75, 3.05) is 6.61 Å². The van der Waals surface area contributed by atoms with Gasteiger partial charge in [-0.15, -0.1) is 0 Å².